The van der Waals surface area contributed by atoms with E-state index in [1.165, 1.54) is 25.7 Å². The van der Waals surface area contributed by atoms with Gasteiger partial charge in [0.25, 0.3) is 0 Å². The van der Waals surface area contributed by atoms with Crippen LogP contribution in [-0.4, -0.2) is 6.54 Å². The number of rotatable bonds is 3. The van der Waals surface area contributed by atoms with E-state index >= 15 is 0 Å². The second-order valence-electron chi connectivity index (χ2n) is 5.03. The Morgan fingerprint density at radius 3 is 3.00 bits per heavy atom. The van der Waals surface area contributed by atoms with Crippen LogP contribution in [-0.2, 0) is 0 Å². The van der Waals surface area contributed by atoms with E-state index < -0.39 is 0 Å². The van der Waals surface area contributed by atoms with E-state index in [0.717, 1.165) is 29.1 Å². The summed E-state index contributed by atoms with van der Waals surface area (Å²) in [5.41, 5.74) is 1.14. The Labute approximate surface area is 103 Å². The molecular formula is C14H20ClN. The van der Waals surface area contributed by atoms with E-state index in [1.54, 1.807) is 0 Å². The second kappa shape index (κ2) is 5.58. The summed E-state index contributed by atoms with van der Waals surface area (Å²) < 4.78 is 0. The molecule has 2 rings (SSSR count). The molecule has 2 unspecified atom stereocenters. The van der Waals surface area contributed by atoms with Gasteiger partial charge in [-0.05, 0) is 42.9 Å². The first-order chi connectivity index (χ1) is 7.74. The number of nitrogens with one attached hydrogen (secondary N) is 1. The van der Waals surface area contributed by atoms with Crippen LogP contribution in [0.4, 0.5) is 5.69 Å². The van der Waals surface area contributed by atoms with Crippen LogP contribution in [0.15, 0.2) is 24.3 Å². The average Bonchev–Trinajstić information content (AvgIpc) is 2.27. The molecule has 1 aliphatic carbocycles. The van der Waals surface area contributed by atoms with E-state index in [4.69, 9.17) is 11.6 Å². The van der Waals surface area contributed by atoms with Crippen LogP contribution in [0.3, 0.4) is 0 Å². The van der Waals surface area contributed by atoms with Crippen LogP contribution in [0.5, 0.6) is 0 Å². The van der Waals surface area contributed by atoms with Gasteiger partial charge in [0.2, 0.25) is 0 Å². The van der Waals surface area contributed by atoms with Gasteiger partial charge in [-0.2, -0.15) is 0 Å². The molecule has 1 nitrogen and oxygen atoms in total. The zero-order valence-corrected chi connectivity index (χ0v) is 10.6. The van der Waals surface area contributed by atoms with Crippen molar-refractivity contribution >= 4 is 17.3 Å². The molecule has 2 atom stereocenters. The van der Waals surface area contributed by atoms with E-state index in [9.17, 15) is 0 Å². The molecule has 1 fully saturated rings. The van der Waals surface area contributed by atoms with Gasteiger partial charge in [-0.25, -0.2) is 0 Å². The van der Waals surface area contributed by atoms with Gasteiger partial charge in [0.05, 0.1) is 0 Å². The number of hydrogen-bond donors (Lipinski definition) is 1. The molecule has 2 heteroatoms. The highest BCUT2D eigenvalue weighted by molar-refractivity contribution is 6.30. The van der Waals surface area contributed by atoms with E-state index in [2.05, 4.69) is 18.3 Å². The van der Waals surface area contributed by atoms with Crippen molar-refractivity contribution in [1.82, 2.24) is 0 Å². The molecule has 1 aromatic carbocycles. The molecule has 1 aromatic rings. The van der Waals surface area contributed by atoms with Gasteiger partial charge in [-0.1, -0.05) is 37.4 Å². The number of halogens is 1. The zero-order chi connectivity index (χ0) is 11.4. The molecule has 0 spiro atoms. The van der Waals surface area contributed by atoms with Crippen molar-refractivity contribution in [2.75, 3.05) is 11.9 Å². The molecule has 1 aliphatic rings. The summed E-state index contributed by atoms with van der Waals surface area (Å²) in [6, 6.07) is 7.98. The minimum Gasteiger partial charge on any atom is -0.385 e. The molecule has 0 heterocycles. The largest absolute Gasteiger partial charge is 0.385 e. The Morgan fingerprint density at radius 2 is 2.25 bits per heavy atom. The first-order valence-electron chi connectivity index (χ1n) is 6.23. The topological polar surface area (TPSA) is 12.0 Å². The second-order valence-corrected chi connectivity index (χ2v) is 5.47. The maximum absolute atomic E-state index is 5.95. The molecule has 0 saturated heterocycles. The van der Waals surface area contributed by atoms with Crippen molar-refractivity contribution in [3.05, 3.63) is 29.3 Å². The Kier molecular flexibility index (Phi) is 4.11. The fourth-order valence-corrected chi connectivity index (χ4v) is 2.80. The molecule has 1 saturated carbocycles. The number of hydrogen-bond acceptors (Lipinski definition) is 1. The van der Waals surface area contributed by atoms with Crippen LogP contribution < -0.4 is 5.32 Å². The molecule has 0 bridgehead atoms. The van der Waals surface area contributed by atoms with Crippen molar-refractivity contribution in [3.8, 4) is 0 Å². The van der Waals surface area contributed by atoms with Crippen molar-refractivity contribution in [3.63, 3.8) is 0 Å². The lowest BCUT2D eigenvalue weighted by Crippen LogP contribution is -2.20. The summed E-state index contributed by atoms with van der Waals surface area (Å²) >= 11 is 5.95. The predicted molar refractivity (Wildman–Crippen MR) is 71.1 cm³/mol. The lowest BCUT2D eigenvalue weighted by atomic mass is 9.82. The first-order valence-corrected chi connectivity index (χ1v) is 6.61. The van der Waals surface area contributed by atoms with Gasteiger partial charge in [0, 0.05) is 17.3 Å². The Bertz CT molecular complexity index is 337. The summed E-state index contributed by atoms with van der Waals surface area (Å²) in [6.45, 7) is 3.45. The Balaban J connectivity index is 1.82. The normalized spacial score (nSPS) is 25.4. The zero-order valence-electron chi connectivity index (χ0n) is 9.88. The summed E-state index contributed by atoms with van der Waals surface area (Å²) in [7, 11) is 0. The lowest BCUT2D eigenvalue weighted by Gasteiger charge is -2.27. The Hall–Kier alpha value is -0.690. The predicted octanol–water partition coefficient (Wildman–Crippen LogP) is 4.58. The third-order valence-corrected chi connectivity index (χ3v) is 3.70. The molecular weight excluding hydrogens is 218 g/mol. The van der Waals surface area contributed by atoms with Gasteiger partial charge in [-0.3, -0.25) is 0 Å². The molecule has 1 N–H and O–H groups in total. The van der Waals surface area contributed by atoms with Gasteiger partial charge < -0.3 is 5.32 Å². The maximum atomic E-state index is 5.95. The SMILES string of the molecule is CC1CCCC(CNc2cccc(Cl)c2)C1. The van der Waals surface area contributed by atoms with Crippen LogP contribution in [0.25, 0.3) is 0 Å². The lowest BCUT2D eigenvalue weighted by molar-refractivity contribution is 0.293. The molecule has 0 radical (unpaired) electrons. The van der Waals surface area contributed by atoms with E-state index in [-0.39, 0.29) is 0 Å². The minimum absolute atomic E-state index is 0.807. The van der Waals surface area contributed by atoms with Gasteiger partial charge in [0.1, 0.15) is 0 Å². The van der Waals surface area contributed by atoms with Gasteiger partial charge in [-0.15, -0.1) is 0 Å². The number of benzene rings is 1. The summed E-state index contributed by atoms with van der Waals surface area (Å²) in [5.74, 6) is 1.74. The fraction of sp³-hybridized carbons (Fsp3) is 0.571. The van der Waals surface area contributed by atoms with Crippen LogP contribution in [0.2, 0.25) is 5.02 Å². The summed E-state index contributed by atoms with van der Waals surface area (Å²) in [4.78, 5) is 0. The molecule has 16 heavy (non-hydrogen) atoms. The molecule has 88 valence electrons. The third-order valence-electron chi connectivity index (χ3n) is 3.46. The van der Waals surface area contributed by atoms with Crippen molar-refractivity contribution in [2.24, 2.45) is 11.8 Å². The molecule has 0 aromatic heterocycles. The highest BCUT2D eigenvalue weighted by atomic mass is 35.5. The Morgan fingerprint density at radius 1 is 1.38 bits per heavy atom. The van der Waals surface area contributed by atoms with E-state index in [0.29, 0.717) is 0 Å². The smallest absolute Gasteiger partial charge is 0.0426 e. The summed E-state index contributed by atoms with van der Waals surface area (Å²) in [6.07, 6.45) is 5.54. The van der Waals surface area contributed by atoms with Crippen molar-refractivity contribution in [1.29, 1.82) is 0 Å². The molecule has 0 amide bonds. The number of anilines is 1. The van der Waals surface area contributed by atoms with Crippen LogP contribution >= 0.6 is 11.6 Å². The van der Waals surface area contributed by atoms with Gasteiger partial charge in [0.15, 0.2) is 0 Å². The average molecular weight is 238 g/mol. The third kappa shape index (κ3) is 3.41. The monoisotopic (exact) mass is 237 g/mol. The van der Waals surface area contributed by atoms with Crippen LogP contribution in [0, 0.1) is 11.8 Å². The van der Waals surface area contributed by atoms with Crippen molar-refractivity contribution in [2.45, 2.75) is 32.6 Å². The van der Waals surface area contributed by atoms with Crippen molar-refractivity contribution < 1.29 is 0 Å². The standard InChI is InChI=1S/C14H20ClN/c1-11-4-2-5-12(8-11)10-16-14-7-3-6-13(15)9-14/h3,6-7,9,11-12,16H,2,4-5,8,10H2,1H3. The highest BCUT2D eigenvalue weighted by Gasteiger charge is 2.18. The summed E-state index contributed by atoms with van der Waals surface area (Å²) in [5, 5.41) is 4.30. The van der Waals surface area contributed by atoms with E-state index in [1.807, 2.05) is 18.2 Å². The maximum Gasteiger partial charge on any atom is 0.0426 e. The molecule has 0 aliphatic heterocycles. The highest BCUT2D eigenvalue weighted by Crippen LogP contribution is 2.28. The van der Waals surface area contributed by atoms with Crippen LogP contribution in [0.1, 0.15) is 32.6 Å². The van der Waals surface area contributed by atoms with Gasteiger partial charge >= 0.3 is 0 Å². The first kappa shape index (κ1) is 11.8. The quantitative estimate of drug-likeness (QED) is 0.812. The fourth-order valence-electron chi connectivity index (χ4n) is 2.61. The minimum atomic E-state index is 0.807.